The normalized spacial score (nSPS) is 10.1. The number of benzene rings is 1. The molecule has 1 rings (SSSR count). The summed E-state index contributed by atoms with van der Waals surface area (Å²) in [5.74, 6) is -0.527. The van der Waals surface area contributed by atoms with Crippen molar-refractivity contribution in [2.24, 2.45) is 0 Å². The van der Waals surface area contributed by atoms with Crippen molar-refractivity contribution in [3.8, 4) is 11.8 Å². The molecule has 0 saturated heterocycles. The molecule has 0 spiro atoms. The lowest BCUT2D eigenvalue weighted by Gasteiger charge is -2.07. The second-order valence-electron chi connectivity index (χ2n) is 3.14. The van der Waals surface area contributed by atoms with Gasteiger partial charge in [0.25, 0.3) is 0 Å². The maximum Gasteiger partial charge on any atom is 0.328 e. The average molecular weight is 217 g/mol. The van der Waals surface area contributed by atoms with Gasteiger partial charge in [0.15, 0.2) is 0 Å². The fourth-order valence-electron chi connectivity index (χ4n) is 1.35. The highest BCUT2D eigenvalue weighted by molar-refractivity contribution is 5.85. The van der Waals surface area contributed by atoms with Crippen molar-refractivity contribution in [3.63, 3.8) is 0 Å². The topological polar surface area (TPSA) is 70.3 Å². The van der Waals surface area contributed by atoms with Crippen LogP contribution < -0.4 is 4.74 Å². The summed E-state index contributed by atoms with van der Waals surface area (Å²) in [5.41, 5.74) is 1.83. The Morgan fingerprint density at radius 3 is 2.75 bits per heavy atom. The van der Waals surface area contributed by atoms with E-state index in [4.69, 9.17) is 15.1 Å². The van der Waals surface area contributed by atoms with E-state index in [1.54, 1.807) is 19.1 Å². The van der Waals surface area contributed by atoms with Crippen LogP contribution in [0.4, 0.5) is 0 Å². The number of hydrogen-bond acceptors (Lipinski definition) is 3. The lowest BCUT2D eigenvalue weighted by atomic mass is 10.0. The first-order valence-corrected chi connectivity index (χ1v) is 4.59. The fraction of sp³-hybridized carbons (Fsp3) is 0.167. The Morgan fingerprint density at radius 1 is 1.56 bits per heavy atom. The highest BCUT2D eigenvalue weighted by Crippen LogP contribution is 2.24. The van der Waals surface area contributed by atoms with Crippen molar-refractivity contribution in [3.05, 3.63) is 34.9 Å². The van der Waals surface area contributed by atoms with Crippen LogP contribution in [-0.2, 0) is 4.79 Å². The smallest absolute Gasteiger partial charge is 0.328 e. The molecule has 0 atom stereocenters. The van der Waals surface area contributed by atoms with Crippen molar-refractivity contribution >= 4 is 12.0 Å². The molecule has 16 heavy (non-hydrogen) atoms. The van der Waals surface area contributed by atoms with Gasteiger partial charge in [-0.05, 0) is 30.2 Å². The van der Waals surface area contributed by atoms with Gasteiger partial charge in [0.2, 0.25) is 0 Å². The summed E-state index contributed by atoms with van der Waals surface area (Å²) in [5, 5.41) is 17.5. The Hall–Kier alpha value is -2.28. The average Bonchev–Trinajstić information content (AvgIpc) is 2.26. The van der Waals surface area contributed by atoms with Crippen LogP contribution in [0.3, 0.4) is 0 Å². The van der Waals surface area contributed by atoms with Crippen LogP contribution in [0.2, 0.25) is 0 Å². The van der Waals surface area contributed by atoms with Gasteiger partial charge in [0.1, 0.15) is 11.8 Å². The van der Waals surface area contributed by atoms with Gasteiger partial charge >= 0.3 is 5.97 Å². The molecule has 0 bridgehead atoms. The molecular weight excluding hydrogens is 206 g/mol. The molecule has 4 nitrogen and oxygen atoms in total. The highest BCUT2D eigenvalue weighted by Gasteiger charge is 2.08. The molecule has 1 N–H and O–H groups in total. The minimum atomic E-state index is -1.02. The molecule has 0 unspecified atom stereocenters. The zero-order valence-corrected chi connectivity index (χ0v) is 9.02. The molecule has 82 valence electrons. The number of carboxylic acids is 1. The second-order valence-corrected chi connectivity index (χ2v) is 3.14. The molecule has 0 heterocycles. The van der Waals surface area contributed by atoms with Gasteiger partial charge in [-0.1, -0.05) is 6.07 Å². The predicted octanol–water partition coefficient (Wildman–Crippen LogP) is 1.97. The third-order valence-corrected chi connectivity index (χ3v) is 2.21. The van der Waals surface area contributed by atoms with Crippen molar-refractivity contribution in [2.45, 2.75) is 6.92 Å². The minimum absolute atomic E-state index is 0.426. The molecule has 0 aromatic heterocycles. The molecule has 4 heteroatoms. The Morgan fingerprint density at radius 2 is 2.25 bits per heavy atom. The lowest BCUT2D eigenvalue weighted by molar-refractivity contribution is -0.131. The number of aliphatic carboxylic acids is 1. The SMILES string of the molecule is COc1ccc(C=CC(=O)O)c(C)c1C#N. The summed E-state index contributed by atoms with van der Waals surface area (Å²) in [4.78, 5) is 10.4. The molecule has 0 radical (unpaired) electrons. The van der Waals surface area contributed by atoms with Crippen molar-refractivity contribution in [1.29, 1.82) is 5.26 Å². The van der Waals surface area contributed by atoms with Crippen LogP contribution >= 0.6 is 0 Å². The van der Waals surface area contributed by atoms with Crippen LogP contribution in [0.15, 0.2) is 18.2 Å². The van der Waals surface area contributed by atoms with Gasteiger partial charge < -0.3 is 9.84 Å². The molecule has 1 aromatic rings. The largest absolute Gasteiger partial charge is 0.495 e. The van der Waals surface area contributed by atoms with Crippen LogP contribution in [0.25, 0.3) is 6.08 Å². The molecular formula is C12H11NO3. The van der Waals surface area contributed by atoms with E-state index in [9.17, 15) is 4.79 Å². The minimum Gasteiger partial charge on any atom is -0.495 e. The van der Waals surface area contributed by atoms with Crippen molar-refractivity contribution in [2.75, 3.05) is 7.11 Å². The van der Waals surface area contributed by atoms with E-state index in [1.807, 2.05) is 6.07 Å². The zero-order valence-electron chi connectivity index (χ0n) is 9.02. The molecule has 0 fully saturated rings. The first kappa shape index (κ1) is 11.8. The standard InChI is InChI=1S/C12H11NO3/c1-8-9(4-6-12(14)15)3-5-11(16-2)10(8)7-13/h3-6H,1-2H3,(H,14,15). The predicted molar refractivity (Wildman–Crippen MR) is 59.1 cm³/mol. The van der Waals surface area contributed by atoms with E-state index >= 15 is 0 Å². The summed E-state index contributed by atoms with van der Waals surface area (Å²) in [7, 11) is 1.49. The first-order valence-electron chi connectivity index (χ1n) is 4.59. The van der Waals surface area contributed by atoms with Gasteiger partial charge in [-0.15, -0.1) is 0 Å². The highest BCUT2D eigenvalue weighted by atomic mass is 16.5. The Labute approximate surface area is 93.4 Å². The van der Waals surface area contributed by atoms with Crippen molar-refractivity contribution < 1.29 is 14.6 Å². The summed E-state index contributed by atoms with van der Waals surface area (Å²) in [6.45, 7) is 1.75. The van der Waals surface area contributed by atoms with E-state index in [0.29, 0.717) is 22.4 Å². The van der Waals surface area contributed by atoms with E-state index < -0.39 is 5.97 Å². The van der Waals surface area contributed by atoms with Gasteiger partial charge in [-0.2, -0.15) is 5.26 Å². The Bertz CT molecular complexity index is 484. The molecule has 1 aromatic carbocycles. The third kappa shape index (κ3) is 2.39. The number of hydrogen-bond donors (Lipinski definition) is 1. The zero-order chi connectivity index (χ0) is 12.1. The number of carboxylic acid groups (broad SMARTS) is 1. The Kier molecular flexibility index (Phi) is 3.67. The van der Waals surface area contributed by atoms with E-state index in [2.05, 4.69) is 0 Å². The lowest BCUT2D eigenvalue weighted by Crippen LogP contribution is -1.94. The van der Waals surface area contributed by atoms with Crippen molar-refractivity contribution in [1.82, 2.24) is 0 Å². The number of ether oxygens (including phenoxy) is 1. The monoisotopic (exact) mass is 217 g/mol. The van der Waals surface area contributed by atoms with Gasteiger partial charge in [-0.3, -0.25) is 0 Å². The number of nitrogens with zero attached hydrogens (tertiary/aromatic N) is 1. The van der Waals surface area contributed by atoms with Crippen LogP contribution in [0.1, 0.15) is 16.7 Å². The number of carbonyl (C=O) groups is 1. The van der Waals surface area contributed by atoms with E-state index in [1.165, 1.54) is 13.2 Å². The van der Waals surface area contributed by atoms with Crippen LogP contribution in [0.5, 0.6) is 5.75 Å². The summed E-state index contributed by atoms with van der Waals surface area (Å²) < 4.78 is 5.03. The number of nitriles is 1. The quantitative estimate of drug-likeness (QED) is 0.786. The van der Waals surface area contributed by atoms with Crippen LogP contribution in [0, 0.1) is 18.3 Å². The molecule has 0 aliphatic heterocycles. The molecule has 0 amide bonds. The van der Waals surface area contributed by atoms with Gasteiger partial charge in [0, 0.05) is 6.08 Å². The van der Waals surface area contributed by atoms with Crippen LogP contribution in [-0.4, -0.2) is 18.2 Å². The van der Waals surface area contributed by atoms with E-state index in [-0.39, 0.29) is 0 Å². The number of methoxy groups -OCH3 is 1. The fourth-order valence-corrected chi connectivity index (χ4v) is 1.35. The number of rotatable bonds is 3. The maximum absolute atomic E-state index is 10.4. The Balaban J connectivity index is 3.25. The summed E-state index contributed by atoms with van der Waals surface area (Å²) in [6, 6.07) is 5.40. The van der Waals surface area contributed by atoms with Gasteiger partial charge in [-0.25, -0.2) is 4.79 Å². The third-order valence-electron chi connectivity index (χ3n) is 2.21. The molecule has 0 saturated carbocycles. The van der Waals surface area contributed by atoms with Gasteiger partial charge in [0.05, 0.1) is 12.7 Å². The summed E-state index contributed by atoms with van der Waals surface area (Å²) >= 11 is 0. The second kappa shape index (κ2) is 4.99. The molecule has 0 aliphatic rings. The maximum atomic E-state index is 10.4. The first-order chi connectivity index (χ1) is 7.60. The van der Waals surface area contributed by atoms with E-state index in [0.717, 1.165) is 6.08 Å². The molecule has 0 aliphatic carbocycles. The summed E-state index contributed by atoms with van der Waals surface area (Å²) in [6.07, 6.45) is 2.49.